The predicted molar refractivity (Wildman–Crippen MR) is 68.2 cm³/mol. The highest BCUT2D eigenvalue weighted by Gasteiger charge is 2.28. The molecule has 0 aromatic carbocycles. The Morgan fingerprint density at radius 1 is 1.41 bits per heavy atom. The van der Waals surface area contributed by atoms with E-state index >= 15 is 0 Å². The molecule has 2 rings (SSSR count). The molecule has 0 saturated carbocycles. The Labute approximate surface area is 107 Å². The van der Waals surface area contributed by atoms with Crippen LogP contribution in [0.1, 0.15) is 37.0 Å². The standard InChI is InChI=1S/C13H17ClN2O/c1-13(2)4-7-16(8-5-13)12(17)10-3-6-15-9-11(10)14/h3,6,9H,4-5,7-8H2,1-2H3. The molecule has 1 saturated heterocycles. The topological polar surface area (TPSA) is 33.2 Å². The van der Waals surface area contributed by atoms with E-state index in [0.717, 1.165) is 25.9 Å². The minimum atomic E-state index is 0.0212. The molecular weight excluding hydrogens is 236 g/mol. The minimum Gasteiger partial charge on any atom is -0.339 e. The van der Waals surface area contributed by atoms with Crippen molar-refractivity contribution in [2.45, 2.75) is 26.7 Å². The van der Waals surface area contributed by atoms with Gasteiger partial charge in [-0.2, -0.15) is 0 Å². The van der Waals surface area contributed by atoms with E-state index < -0.39 is 0 Å². The smallest absolute Gasteiger partial charge is 0.255 e. The van der Waals surface area contributed by atoms with Crippen LogP contribution in [0.5, 0.6) is 0 Å². The van der Waals surface area contributed by atoms with Crippen LogP contribution in [0.2, 0.25) is 5.02 Å². The van der Waals surface area contributed by atoms with E-state index in [9.17, 15) is 4.79 Å². The summed E-state index contributed by atoms with van der Waals surface area (Å²) in [4.78, 5) is 18.0. The first-order valence-corrected chi connectivity index (χ1v) is 6.26. The molecule has 1 aliphatic rings. The van der Waals surface area contributed by atoms with Gasteiger partial charge in [-0.25, -0.2) is 0 Å². The summed E-state index contributed by atoms with van der Waals surface area (Å²) in [5, 5.41) is 0.433. The van der Waals surface area contributed by atoms with Crippen LogP contribution in [0.25, 0.3) is 0 Å². The molecule has 0 unspecified atom stereocenters. The highest BCUT2D eigenvalue weighted by molar-refractivity contribution is 6.33. The second-order valence-corrected chi connectivity index (χ2v) is 5.72. The van der Waals surface area contributed by atoms with E-state index in [4.69, 9.17) is 11.6 Å². The van der Waals surface area contributed by atoms with Crippen LogP contribution in [-0.2, 0) is 0 Å². The average Bonchev–Trinajstić information content (AvgIpc) is 2.29. The van der Waals surface area contributed by atoms with Crippen LogP contribution in [0.4, 0.5) is 0 Å². The van der Waals surface area contributed by atoms with Crippen molar-refractivity contribution in [3.05, 3.63) is 29.0 Å². The normalized spacial score (nSPS) is 19.1. The van der Waals surface area contributed by atoms with E-state index in [1.165, 1.54) is 6.20 Å². The highest BCUT2D eigenvalue weighted by atomic mass is 35.5. The van der Waals surface area contributed by atoms with Crippen molar-refractivity contribution in [3.8, 4) is 0 Å². The number of carbonyl (C=O) groups excluding carboxylic acids is 1. The summed E-state index contributed by atoms with van der Waals surface area (Å²) >= 11 is 5.98. The lowest BCUT2D eigenvalue weighted by Gasteiger charge is -2.37. The summed E-state index contributed by atoms with van der Waals surface area (Å²) in [6, 6.07) is 1.68. The van der Waals surface area contributed by atoms with Crippen LogP contribution < -0.4 is 0 Å². The Kier molecular flexibility index (Phi) is 3.38. The van der Waals surface area contributed by atoms with Gasteiger partial charge < -0.3 is 4.90 Å². The first kappa shape index (κ1) is 12.4. The van der Waals surface area contributed by atoms with Gasteiger partial charge >= 0.3 is 0 Å². The summed E-state index contributed by atoms with van der Waals surface area (Å²) in [5.41, 5.74) is 0.903. The number of carbonyl (C=O) groups is 1. The Bertz CT molecular complexity index is 421. The Hall–Kier alpha value is -1.09. The van der Waals surface area contributed by atoms with Gasteiger partial charge in [0.05, 0.1) is 10.6 Å². The maximum Gasteiger partial charge on any atom is 0.255 e. The summed E-state index contributed by atoms with van der Waals surface area (Å²) in [7, 11) is 0. The Balaban J connectivity index is 2.10. The molecule has 17 heavy (non-hydrogen) atoms. The van der Waals surface area contributed by atoms with Gasteiger partial charge in [-0.15, -0.1) is 0 Å². The van der Waals surface area contributed by atoms with Gasteiger partial charge in [0.15, 0.2) is 0 Å². The van der Waals surface area contributed by atoms with Crippen LogP contribution in [0.3, 0.4) is 0 Å². The number of pyridine rings is 1. The van der Waals surface area contributed by atoms with Crippen molar-refractivity contribution in [1.29, 1.82) is 0 Å². The molecule has 0 N–H and O–H groups in total. The lowest BCUT2D eigenvalue weighted by Crippen LogP contribution is -2.41. The zero-order valence-electron chi connectivity index (χ0n) is 10.2. The van der Waals surface area contributed by atoms with E-state index in [1.807, 2.05) is 4.90 Å². The zero-order valence-corrected chi connectivity index (χ0v) is 11.0. The molecule has 0 radical (unpaired) electrons. The lowest BCUT2D eigenvalue weighted by molar-refractivity contribution is 0.0630. The third-order valence-electron chi connectivity index (χ3n) is 3.41. The fraction of sp³-hybridized carbons (Fsp3) is 0.538. The first-order valence-electron chi connectivity index (χ1n) is 5.88. The molecule has 4 heteroatoms. The van der Waals surface area contributed by atoms with Crippen molar-refractivity contribution < 1.29 is 4.79 Å². The molecule has 1 aliphatic heterocycles. The number of hydrogen-bond donors (Lipinski definition) is 0. The molecule has 2 heterocycles. The van der Waals surface area contributed by atoms with Gasteiger partial charge in [0, 0.05) is 25.5 Å². The average molecular weight is 253 g/mol. The van der Waals surface area contributed by atoms with Gasteiger partial charge in [0.25, 0.3) is 5.91 Å². The number of amides is 1. The molecule has 0 aliphatic carbocycles. The van der Waals surface area contributed by atoms with Crippen molar-refractivity contribution in [2.75, 3.05) is 13.1 Å². The summed E-state index contributed by atoms with van der Waals surface area (Å²) in [6.07, 6.45) is 5.21. The molecule has 0 atom stereocenters. The monoisotopic (exact) mass is 252 g/mol. The zero-order chi connectivity index (χ0) is 12.5. The fourth-order valence-corrected chi connectivity index (χ4v) is 2.23. The quantitative estimate of drug-likeness (QED) is 0.770. The summed E-state index contributed by atoms with van der Waals surface area (Å²) in [6.45, 7) is 6.11. The van der Waals surface area contributed by atoms with Gasteiger partial charge in [-0.1, -0.05) is 25.4 Å². The van der Waals surface area contributed by atoms with E-state index in [-0.39, 0.29) is 5.91 Å². The van der Waals surface area contributed by atoms with Gasteiger partial charge in [0.1, 0.15) is 0 Å². The number of likely N-dealkylation sites (tertiary alicyclic amines) is 1. The molecule has 1 fully saturated rings. The third-order valence-corrected chi connectivity index (χ3v) is 3.71. The number of aromatic nitrogens is 1. The second-order valence-electron chi connectivity index (χ2n) is 5.31. The van der Waals surface area contributed by atoms with Crippen LogP contribution in [0.15, 0.2) is 18.5 Å². The maximum atomic E-state index is 12.2. The molecule has 3 nitrogen and oxygen atoms in total. The van der Waals surface area contributed by atoms with Crippen LogP contribution in [-0.4, -0.2) is 28.9 Å². The molecule has 0 spiro atoms. The van der Waals surface area contributed by atoms with Gasteiger partial charge in [-0.3, -0.25) is 9.78 Å². The van der Waals surface area contributed by atoms with Crippen LogP contribution >= 0.6 is 11.6 Å². The van der Waals surface area contributed by atoms with E-state index in [0.29, 0.717) is 16.0 Å². The number of piperidine rings is 1. The van der Waals surface area contributed by atoms with Crippen molar-refractivity contribution >= 4 is 17.5 Å². The predicted octanol–water partition coefficient (Wildman–Crippen LogP) is 3.00. The van der Waals surface area contributed by atoms with Gasteiger partial charge in [0.2, 0.25) is 0 Å². The van der Waals surface area contributed by atoms with E-state index in [2.05, 4.69) is 18.8 Å². The van der Waals surface area contributed by atoms with Crippen LogP contribution in [0, 0.1) is 5.41 Å². The summed E-state index contributed by atoms with van der Waals surface area (Å²) < 4.78 is 0. The summed E-state index contributed by atoms with van der Waals surface area (Å²) in [5.74, 6) is 0.0212. The minimum absolute atomic E-state index is 0.0212. The SMILES string of the molecule is CC1(C)CCN(C(=O)c2ccncc2Cl)CC1. The number of hydrogen-bond acceptors (Lipinski definition) is 2. The van der Waals surface area contributed by atoms with Crippen molar-refractivity contribution in [2.24, 2.45) is 5.41 Å². The van der Waals surface area contributed by atoms with E-state index in [1.54, 1.807) is 12.3 Å². The molecule has 92 valence electrons. The molecular formula is C13H17ClN2O. The molecule has 1 amide bonds. The lowest BCUT2D eigenvalue weighted by atomic mass is 9.82. The van der Waals surface area contributed by atoms with Crippen molar-refractivity contribution in [1.82, 2.24) is 9.88 Å². The molecule has 0 bridgehead atoms. The number of nitrogens with zero attached hydrogens (tertiary/aromatic N) is 2. The molecule has 1 aromatic rings. The number of rotatable bonds is 1. The first-order chi connectivity index (χ1) is 7.99. The maximum absolute atomic E-state index is 12.2. The van der Waals surface area contributed by atoms with Gasteiger partial charge in [-0.05, 0) is 24.3 Å². The molecule has 1 aromatic heterocycles. The highest BCUT2D eigenvalue weighted by Crippen LogP contribution is 2.30. The third kappa shape index (κ3) is 2.78. The van der Waals surface area contributed by atoms with Crippen molar-refractivity contribution in [3.63, 3.8) is 0 Å². The largest absolute Gasteiger partial charge is 0.339 e. The fourth-order valence-electron chi connectivity index (χ4n) is 2.03. The Morgan fingerprint density at radius 3 is 2.65 bits per heavy atom. The second kappa shape index (κ2) is 4.65. The Morgan fingerprint density at radius 2 is 2.06 bits per heavy atom. The number of halogens is 1.